The Morgan fingerprint density at radius 1 is 1.09 bits per heavy atom. The average Bonchev–Trinajstić information content (AvgIpc) is 3.29. The van der Waals surface area contributed by atoms with Crippen molar-refractivity contribution in [1.29, 1.82) is 0 Å². The van der Waals surface area contributed by atoms with Crippen molar-refractivity contribution in [2.24, 2.45) is 0 Å². The van der Waals surface area contributed by atoms with E-state index in [-0.39, 0.29) is 0 Å². The summed E-state index contributed by atoms with van der Waals surface area (Å²) in [4.78, 5) is 5.58. The van der Waals surface area contributed by atoms with E-state index in [1.54, 1.807) is 23.5 Å². The van der Waals surface area contributed by atoms with E-state index in [1.165, 1.54) is 0 Å². The van der Waals surface area contributed by atoms with Gasteiger partial charge in [0.05, 0.1) is 23.1 Å². The summed E-state index contributed by atoms with van der Waals surface area (Å²) in [6.07, 6.45) is -4.09. The summed E-state index contributed by atoms with van der Waals surface area (Å²) in [5.74, 6) is 0.402. The summed E-state index contributed by atoms with van der Waals surface area (Å²) in [6, 6.07) is 13.4. The number of hydrogen-bond donors (Lipinski definition) is 4. The summed E-state index contributed by atoms with van der Waals surface area (Å²) < 4.78 is 11.5. The number of thiazole rings is 1. The number of hydrogen-bond acceptors (Lipinski definition) is 8. The van der Waals surface area contributed by atoms with Gasteiger partial charge in [-0.3, -0.25) is 0 Å². The van der Waals surface area contributed by atoms with Crippen molar-refractivity contribution >= 4 is 22.9 Å². The van der Waals surface area contributed by atoms with Gasteiger partial charge >= 0.3 is 0 Å². The molecule has 0 bridgehead atoms. The highest BCUT2D eigenvalue weighted by Crippen LogP contribution is 2.40. The largest absolute Gasteiger partial charge is 0.493 e. The van der Waals surface area contributed by atoms with Crippen molar-refractivity contribution in [3.63, 3.8) is 0 Å². The van der Waals surface area contributed by atoms with Crippen LogP contribution in [-0.2, 0) is 11.2 Å². The van der Waals surface area contributed by atoms with E-state index in [4.69, 9.17) is 21.1 Å². The van der Waals surface area contributed by atoms with E-state index in [0.29, 0.717) is 29.4 Å². The Morgan fingerprint density at radius 2 is 1.85 bits per heavy atom. The zero-order valence-corrected chi connectivity index (χ0v) is 19.5. The number of nitrogens with zero attached hydrogens (tertiary/aromatic N) is 1. The van der Waals surface area contributed by atoms with Gasteiger partial charge in [0.25, 0.3) is 0 Å². The lowest BCUT2D eigenvalue weighted by molar-refractivity contribution is -0.232. The summed E-state index contributed by atoms with van der Waals surface area (Å²) in [5.41, 5.74) is 2.31. The van der Waals surface area contributed by atoms with Crippen LogP contribution < -0.4 is 4.74 Å². The zero-order valence-electron chi connectivity index (χ0n) is 18.0. The molecule has 1 aliphatic rings. The second-order valence-corrected chi connectivity index (χ2v) is 9.35. The number of aliphatic hydroxyl groups is 4. The van der Waals surface area contributed by atoms with Gasteiger partial charge in [0.1, 0.15) is 36.3 Å². The maximum absolute atomic E-state index is 10.6. The molecule has 1 fully saturated rings. The number of aliphatic hydroxyl groups excluding tert-OH is 4. The molecular formula is C24H26ClNO6S. The van der Waals surface area contributed by atoms with Crippen LogP contribution in [0.3, 0.4) is 0 Å². The molecule has 0 spiro atoms. The Morgan fingerprint density at radius 3 is 2.55 bits per heavy atom. The SMILES string of the molecule is CCOc1cc(Cl)c(Cc2ncc(-c3ccccc3)s2)cc1[C@@H]1O[C@H](CO)[C@@H](O)[C@H](O)[C@H]1O. The molecule has 0 unspecified atom stereocenters. The Labute approximate surface area is 200 Å². The number of halogens is 1. The van der Waals surface area contributed by atoms with Crippen molar-refractivity contribution in [3.8, 4) is 16.2 Å². The normalized spacial score (nSPS) is 25.2. The van der Waals surface area contributed by atoms with E-state index in [1.807, 2.05) is 43.5 Å². The third kappa shape index (κ3) is 5.07. The predicted octanol–water partition coefficient (Wildman–Crippen LogP) is 2.97. The molecule has 176 valence electrons. The Hall–Kier alpha value is -2.04. The van der Waals surface area contributed by atoms with Gasteiger partial charge < -0.3 is 29.9 Å². The molecular weight excluding hydrogens is 466 g/mol. The molecule has 1 aliphatic heterocycles. The molecule has 4 rings (SSSR count). The molecule has 9 heteroatoms. The minimum Gasteiger partial charge on any atom is -0.493 e. The predicted molar refractivity (Wildman–Crippen MR) is 126 cm³/mol. The Bertz CT molecular complexity index is 1080. The molecule has 5 atom stereocenters. The first-order valence-corrected chi connectivity index (χ1v) is 11.9. The third-order valence-corrected chi connectivity index (χ3v) is 7.03. The molecule has 0 saturated carbocycles. The maximum Gasteiger partial charge on any atom is 0.126 e. The van der Waals surface area contributed by atoms with Gasteiger partial charge in [0.15, 0.2) is 0 Å². The Kier molecular flexibility index (Phi) is 7.65. The fraction of sp³-hybridized carbons (Fsp3) is 0.375. The lowest BCUT2D eigenvalue weighted by atomic mass is 9.90. The van der Waals surface area contributed by atoms with Crippen LogP contribution in [0.15, 0.2) is 48.7 Å². The first-order chi connectivity index (χ1) is 15.9. The zero-order chi connectivity index (χ0) is 23.5. The summed E-state index contributed by atoms with van der Waals surface area (Å²) >= 11 is 8.12. The molecule has 4 N–H and O–H groups in total. The second-order valence-electron chi connectivity index (χ2n) is 7.82. The lowest BCUT2D eigenvalue weighted by Gasteiger charge is -2.40. The van der Waals surface area contributed by atoms with Crippen molar-refractivity contribution in [2.45, 2.75) is 43.9 Å². The topological polar surface area (TPSA) is 112 Å². The molecule has 2 aromatic carbocycles. The highest BCUT2D eigenvalue weighted by atomic mass is 35.5. The molecule has 33 heavy (non-hydrogen) atoms. The van der Waals surface area contributed by atoms with E-state index >= 15 is 0 Å². The smallest absolute Gasteiger partial charge is 0.126 e. The minimum absolute atomic E-state index is 0.354. The summed E-state index contributed by atoms with van der Waals surface area (Å²) in [5, 5.41) is 41.9. The van der Waals surface area contributed by atoms with Gasteiger partial charge in [-0.15, -0.1) is 11.3 Å². The minimum atomic E-state index is -1.48. The standard InChI is InChI=1S/C24H26ClNO6S/c1-2-31-17-10-16(25)14(9-20-26-11-19(33-20)13-6-4-3-5-7-13)8-15(17)24-23(30)22(29)21(28)18(12-27)32-24/h3-8,10-11,18,21-24,27-30H,2,9,12H2,1H3/t18-,21-,22+,23-,24+/m1/s1. The van der Waals surface area contributed by atoms with E-state index in [2.05, 4.69) is 4.98 Å². The number of rotatable bonds is 7. The Balaban J connectivity index is 1.67. The number of benzene rings is 2. The van der Waals surface area contributed by atoms with Crippen LogP contribution in [0.4, 0.5) is 0 Å². The maximum atomic E-state index is 10.6. The van der Waals surface area contributed by atoms with Crippen LogP contribution in [0.25, 0.3) is 10.4 Å². The molecule has 0 radical (unpaired) electrons. The third-order valence-electron chi connectivity index (χ3n) is 5.63. The van der Waals surface area contributed by atoms with Gasteiger partial charge in [-0.25, -0.2) is 4.98 Å². The highest BCUT2D eigenvalue weighted by Gasteiger charge is 2.45. The van der Waals surface area contributed by atoms with Crippen LogP contribution in [0.1, 0.15) is 29.2 Å². The van der Waals surface area contributed by atoms with Gasteiger partial charge in [0.2, 0.25) is 0 Å². The van der Waals surface area contributed by atoms with Crippen molar-refractivity contribution in [3.05, 3.63) is 69.8 Å². The molecule has 7 nitrogen and oxygen atoms in total. The molecule has 1 aromatic heterocycles. The van der Waals surface area contributed by atoms with Crippen LogP contribution >= 0.6 is 22.9 Å². The van der Waals surface area contributed by atoms with E-state index < -0.39 is 37.1 Å². The van der Waals surface area contributed by atoms with Gasteiger partial charge in [0, 0.05) is 23.2 Å². The monoisotopic (exact) mass is 491 g/mol. The van der Waals surface area contributed by atoms with Crippen LogP contribution in [0.5, 0.6) is 5.75 Å². The van der Waals surface area contributed by atoms with Crippen LogP contribution in [0.2, 0.25) is 5.02 Å². The molecule has 2 heterocycles. The molecule has 3 aromatic rings. The van der Waals surface area contributed by atoms with E-state index in [0.717, 1.165) is 21.0 Å². The van der Waals surface area contributed by atoms with Gasteiger partial charge in [-0.2, -0.15) is 0 Å². The fourth-order valence-corrected chi connectivity index (χ4v) is 5.07. The van der Waals surface area contributed by atoms with Crippen LogP contribution in [-0.4, -0.2) is 63.0 Å². The lowest BCUT2D eigenvalue weighted by Crippen LogP contribution is -2.55. The summed E-state index contributed by atoms with van der Waals surface area (Å²) in [6.45, 7) is 1.67. The van der Waals surface area contributed by atoms with Crippen LogP contribution in [0, 0.1) is 0 Å². The fourth-order valence-electron chi connectivity index (χ4n) is 3.91. The molecule has 0 aliphatic carbocycles. The average molecular weight is 492 g/mol. The van der Waals surface area contributed by atoms with Gasteiger partial charge in [-0.1, -0.05) is 41.9 Å². The molecule has 0 amide bonds. The van der Waals surface area contributed by atoms with Crippen molar-refractivity contribution in [2.75, 3.05) is 13.2 Å². The van der Waals surface area contributed by atoms with Crippen molar-refractivity contribution in [1.82, 2.24) is 4.98 Å². The first-order valence-electron chi connectivity index (χ1n) is 10.7. The van der Waals surface area contributed by atoms with Gasteiger partial charge in [-0.05, 0) is 30.2 Å². The van der Waals surface area contributed by atoms with E-state index in [9.17, 15) is 20.4 Å². The van der Waals surface area contributed by atoms with Crippen molar-refractivity contribution < 1.29 is 29.9 Å². The summed E-state index contributed by atoms with van der Waals surface area (Å²) in [7, 11) is 0. The number of aromatic nitrogens is 1. The second kappa shape index (κ2) is 10.5. The quantitative estimate of drug-likeness (QED) is 0.402. The first kappa shape index (κ1) is 24.1. The number of ether oxygens (including phenoxy) is 2. The highest BCUT2D eigenvalue weighted by molar-refractivity contribution is 7.15. The molecule has 1 saturated heterocycles.